The van der Waals surface area contributed by atoms with E-state index in [9.17, 15) is 25.0 Å². The van der Waals surface area contributed by atoms with Crippen LogP contribution < -0.4 is 5.73 Å². The van der Waals surface area contributed by atoms with Gasteiger partial charge < -0.3 is 15.4 Å². The molecule has 0 saturated carbocycles. The first-order valence-electron chi connectivity index (χ1n) is 10.6. The standard InChI is InChI=1S/C26H20FN5O2/c27-19-8-4-7-18(11-19)23-20(12-28)24(31)26(15-29,16-30)22-9-10-32(13-21(22)23)25(33)34-14-17-5-2-1-3-6-17/h1-9,11,21,23H,10,13-14,31H2/t21-,23-/m0/s1. The molecule has 7 nitrogen and oxygen atoms in total. The third-order valence-corrected chi connectivity index (χ3v) is 6.32. The molecule has 0 unspecified atom stereocenters. The Morgan fingerprint density at radius 1 is 1.15 bits per heavy atom. The van der Waals surface area contributed by atoms with Gasteiger partial charge in [0.2, 0.25) is 5.41 Å². The van der Waals surface area contributed by atoms with Crippen molar-refractivity contribution in [3.05, 3.63) is 94.5 Å². The highest BCUT2D eigenvalue weighted by molar-refractivity contribution is 5.69. The smallest absolute Gasteiger partial charge is 0.410 e. The fraction of sp³-hybridized carbons (Fsp3) is 0.231. The molecule has 0 fully saturated rings. The predicted octanol–water partition coefficient (Wildman–Crippen LogP) is 3.89. The number of carbonyl (C=O) groups is 1. The molecule has 2 aliphatic rings. The molecule has 0 saturated heterocycles. The summed E-state index contributed by atoms with van der Waals surface area (Å²) in [6, 6.07) is 21.0. The molecule has 1 heterocycles. The molecule has 1 aliphatic carbocycles. The minimum absolute atomic E-state index is 0.0235. The number of allylic oxidation sites excluding steroid dienone is 2. The average molecular weight is 453 g/mol. The van der Waals surface area contributed by atoms with E-state index in [1.54, 1.807) is 12.1 Å². The van der Waals surface area contributed by atoms with E-state index in [1.807, 2.05) is 48.5 Å². The number of nitrogens with zero attached hydrogens (tertiary/aromatic N) is 4. The lowest BCUT2D eigenvalue weighted by atomic mass is 9.60. The van der Waals surface area contributed by atoms with Gasteiger partial charge in [0, 0.05) is 24.9 Å². The summed E-state index contributed by atoms with van der Waals surface area (Å²) in [7, 11) is 0. The first-order chi connectivity index (χ1) is 16.4. The van der Waals surface area contributed by atoms with Crippen LogP contribution in [0.2, 0.25) is 0 Å². The SMILES string of the molecule is N#CC1=C(N)C(C#N)(C#N)C2=CCN(C(=O)OCc3ccccc3)C[C@@H]2[C@H]1c1cccc(F)c1. The van der Waals surface area contributed by atoms with E-state index in [0.717, 1.165) is 5.56 Å². The van der Waals surface area contributed by atoms with Crippen molar-refractivity contribution in [3.63, 3.8) is 0 Å². The molecule has 0 radical (unpaired) electrons. The topological polar surface area (TPSA) is 127 Å². The highest BCUT2D eigenvalue weighted by Gasteiger charge is 2.53. The quantitative estimate of drug-likeness (QED) is 0.703. The van der Waals surface area contributed by atoms with E-state index in [4.69, 9.17) is 10.5 Å². The molecule has 1 amide bonds. The Bertz CT molecular complexity index is 1300. The Balaban J connectivity index is 1.73. The fourth-order valence-electron chi connectivity index (χ4n) is 4.68. The normalized spacial score (nSPS) is 20.8. The van der Waals surface area contributed by atoms with E-state index >= 15 is 0 Å². The number of hydrogen-bond donors (Lipinski definition) is 1. The van der Waals surface area contributed by atoms with Gasteiger partial charge in [-0.25, -0.2) is 9.18 Å². The Morgan fingerprint density at radius 2 is 1.88 bits per heavy atom. The molecule has 34 heavy (non-hydrogen) atoms. The fourth-order valence-corrected chi connectivity index (χ4v) is 4.68. The van der Waals surface area contributed by atoms with Gasteiger partial charge in [0.05, 0.1) is 29.5 Å². The molecule has 2 N–H and O–H groups in total. The number of nitriles is 3. The minimum atomic E-state index is -1.83. The Labute approximate surface area is 196 Å². The third kappa shape index (κ3) is 3.74. The van der Waals surface area contributed by atoms with Crippen LogP contribution in [-0.4, -0.2) is 24.1 Å². The molecule has 0 spiro atoms. The first-order valence-corrected chi connectivity index (χ1v) is 10.6. The Morgan fingerprint density at radius 3 is 2.53 bits per heavy atom. The van der Waals surface area contributed by atoms with Crippen LogP contribution in [0.1, 0.15) is 17.0 Å². The van der Waals surface area contributed by atoms with Gasteiger partial charge in [-0.05, 0) is 28.8 Å². The largest absolute Gasteiger partial charge is 0.445 e. The van der Waals surface area contributed by atoms with Crippen LogP contribution >= 0.6 is 0 Å². The van der Waals surface area contributed by atoms with Crippen molar-refractivity contribution in [3.8, 4) is 18.2 Å². The van der Waals surface area contributed by atoms with Crippen molar-refractivity contribution in [2.75, 3.05) is 13.1 Å². The number of rotatable bonds is 3. The van der Waals surface area contributed by atoms with Gasteiger partial charge in [-0.3, -0.25) is 0 Å². The number of hydrogen-bond acceptors (Lipinski definition) is 6. The maximum Gasteiger partial charge on any atom is 0.410 e. The number of carbonyl (C=O) groups excluding carboxylic acids is 1. The highest BCUT2D eigenvalue weighted by atomic mass is 19.1. The molecule has 0 bridgehead atoms. The van der Waals surface area contributed by atoms with Crippen LogP contribution in [0.3, 0.4) is 0 Å². The molecule has 2 aromatic rings. The van der Waals surface area contributed by atoms with E-state index < -0.39 is 29.2 Å². The Hall–Kier alpha value is -4.61. The van der Waals surface area contributed by atoms with E-state index in [0.29, 0.717) is 11.1 Å². The second-order valence-corrected chi connectivity index (χ2v) is 8.16. The van der Waals surface area contributed by atoms with E-state index in [-0.39, 0.29) is 31.0 Å². The van der Waals surface area contributed by atoms with Crippen molar-refractivity contribution in [1.29, 1.82) is 15.8 Å². The number of ether oxygens (including phenoxy) is 1. The van der Waals surface area contributed by atoms with E-state index in [1.165, 1.54) is 23.1 Å². The number of fused-ring (bicyclic) bond motifs is 1. The molecule has 8 heteroatoms. The van der Waals surface area contributed by atoms with Gasteiger partial charge in [-0.2, -0.15) is 15.8 Å². The van der Waals surface area contributed by atoms with Crippen LogP contribution in [0.4, 0.5) is 9.18 Å². The van der Waals surface area contributed by atoms with Gasteiger partial charge in [0.25, 0.3) is 0 Å². The second-order valence-electron chi connectivity index (χ2n) is 8.16. The van der Waals surface area contributed by atoms with Crippen LogP contribution in [0.25, 0.3) is 0 Å². The number of amides is 1. The second kappa shape index (κ2) is 9.10. The molecule has 4 rings (SSSR count). The summed E-state index contributed by atoms with van der Waals surface area (Å²) in [5, 5.41) is 29.8. The molecule has 1 aliphatic heterocycles. The molecular formula is C26H20FN5O2. The monoisotopic (exact) mass is 453 g/mol. The average Bonchev–Trinajstić information content (AvgIpc) is 2.87. The summed E-state index contributed by atoms with van der Waals surface area (Å²) in [4.78, 5) is 14.3. The van der Waals surface area contributed by atoms with E-state index in [2.05, 4.69) is 0 Å². The highest BCUT2D eigenvalue weighted by Crippen LogP contribution is 2.52. The zero-order chi connectivity index (χ0) is 24.3. The molecule has 168 valence electrons. The summed E-state index contributed by atoms with van der Waals surface area (Å²) in [5.41, 5.74) is 5.99. The molecule has 2 aromatic carbocycles. The lowest BCUT2D eigenvalue weighted by Gasteiger charge is -2.44. The summed E-state index contributed by atoms with van der Waals surface area (Å²) in [6.07, 6.45) is 1.05. The van der Waals surface area contributed by atoms with Gasteiger partial charge in [-0.15, -0.1) is 0 Å². The van der Waals surface area contributed by atoms with Gasteiger partial charge in [0.15, 0.2) is 0 Å². The summed E-state index contributed by atoms with van der Waals surface area (Å²) in [5.74, 6) is -1.86. The lowest BCUT2D eigenvalue weighted by Crippen LogP contribution is -2.48. The number of halogens is 1. The van der Waals surface area contributed by atoms with Crippen molar-refractivity contribution in [2.45, 2.75) is 12.5 Å². The van der Waals surface area contributed by atoms with Gasteiger partial charge in [-0.1, -0.05) is 48.5 Å². The number of nitrogens with two attached hydrogens (primary N) is 1. The van der Waals surface area contributed by atoms with Crippen molar-refractivity contribution in [1.82, 2.24) is 4.90 Å². The van der Waals surface area contributed by atoms with Gasteiger partial charge in [0.1, 0.15) is 12.4 Å². The summed E-state index contributed by atoms with van der Waals surface area (Å²) in [6.45, 7) is 0.265. The van der Waals surface area contributed by atoms with Crippen LogP contribution in [0, 0.1) is 51.1 Å². The van der Waals surface area contributed by atoms with Crippen LogP contribution in [0.15, 0.2) is 77.5 Å². The van der Waals surface area contributed by atoms with Crippen molar-refractivity contribution in [2.24, 2.45) is 17.1 Å². The maximum atomic E-state index is 14.1. The summed E-state index contributed by atoms with van der Waals surface area (Å²) < 4.78 is 19.5. The van der Waals surface area contributed by atoms with Gasteiger partial charge >= 0.3 is 6.09 Å². The van der Waals surface area contributed by atoms with Crippen molar-refractivity contribution >= 4 is 6.09 Å². The first kappa shape index (κ1) is 22.6. The Kier molecular flexibility index (Phi) is 6.04. The van der Waals surface area contributed by atoms with Crippen LogP contribution in [-0.2, 0) is 11.3 Å². The number of benzene rings is 2. The van der Waals surface area contributed by atoms with Crippen LogP contribution in [0.5, 0.6) is 0 Å². The minimum Gasteiger partial charge on any atom is -0.445 e. The maximum absolute atomic E-state index is 14.1. The molecule has 0 aromatic heterocycles. The lowest BCUT2D eigenvalue weighted by molar-refractivity contribution is 0.0913. The zero-order valence-corrected chi connectivity index (χ0v) is 18.1. The predicted molar refractivity (Wildman–Crippen MR) is 119 cm³/mol. The zero-order valence-electron chi connectivity index (χ0n) is 18.1. The third-order valence-electron chi connectivity index (χ3n) is 6.32. The molecular weight excluding hydrogens is 433 g/mol. The summed E-state index contributed by atoms with van der Waals surface area (Å²) >= 11 is 0. The van der Waals surface area contributed by atoms with Crippen molar-refractivity contribution < 1.29 is 13.9 Å². The molecule has 2 atom stereocenters.